The molecule has 0 aromatic heterocycles. The molecular formula is C53H101NO5. The molecule has 0 heterocycles. The van der Waals surface area contributed by atoms with Crippen LogP contribution in [0.15, 0.2) is 24.3 Å². The van der Waals surface area contributed by atoms with Gasteiger partial charge in [0.1, 0.15) is 0 Å². The van der Waals surface area contributed by atoms with Crippen LogP contribution in [0.25, 0.3) is 0 Å². The molecule has 0 spiro atoms. The Morgan fingerprint density at radius 1 is 0.458 bits per heavy atom. The van der Waals surface area contributed by atoms with Crippen LogP contribution in [-0.2, 0) is 14.3 Å². The zero-order valence-corrected chi connectivity index (χ0v) is 39.5. The first-order valence-electron chi connectivity index (χ1n) is 26.1. The lowest BCUT2D eigenvalue weighted by molar-refractivity contribution is -0.143. The molecule has 6 heteroatoms. The van der Waals surface area contributed by atoms with Crippen LogP contribution in [0.5, 0.6) is 0 Å². The Bertz CT molecular complexity index is 920. The first kappa shape index (κ1) is 57.3. The van der Waals surface area contributed by atoms with Crippen molar-refractivity contribution in [2.24, 2.45) is 0 Å². The van der Waals surface area contributed by atoms with E-state index in [0.717, 1.165) is 57.8 Å². The Balaban J connectivity index is 3.53. The van der Waals surface area contributed by atoms with Crippen LogP contribution in [0.4, 0.5) is 0 Å². The average Bonchev–Trinajstić information content (AvgIpc) is 3.24. The molecule has 0 radical (unpaired) electrons. The summed E-state index contributed by atoms with van der Waals surface area (Å²) in [5, 5.41) is 23.1. The molecule has 0 saturated heterocycles. The second-order valence-electron chi connectivity index (χ2n) is 17.9. The van der Waals surface area contributed by atoms with E-state index in [1.54, 1.807) is 6.08 Å². The Hall–Kier alpha value is -1.66. The minimum absolute atomic E-state index is 0.0293. The molecule has 0 bridgehead atoms. The van der Waals surface area contributed by atoms with Crippen LogP contribution in [0, 0.1) is 0 Å². The van der Waals surface area contributed by atoms with Gasteiger partial charge < -0.3 is 20.3 Å². The number of carbonyl (C=O) groups is 2. The first-order chi connectivity index (χ1) is 29.0. The molecule has 0 aliphatic rings. The Morgan fingerprint density at radius 3 is 1.20 bits per heavy atom. The highest BCUT2D eigenvalue weighted by molar-refractivity contribution is 5.76. The van der Waals surface area contributed by atoms with Crippen molar-refractivity contribution in [3.05, 3.63) is 24.3 Å². The third kappa shape index (κ3) is 45.7. The monoisotopic (exact) mass is 832 g/mol. The second-order valence-corrected chi connectivity index (χ2v) is 17.9. The van der Waals surface area contributed by atoms with Crippen molar-refractivity contribution in [1.82, 2.24) is 5.32 Å². The molecule has 3 N–H and O–H groups in total. The van der Waals surface area contributed by atoms with E-state index in [0.29, 0.717) is 19.4 Å². The topological polar surface area (TPSA) is 95.9 Å². The predicted molar refractivity (Wildman–Crippen MR) is 255 cm³/mol. The van der Waals surface area contributed by atoms with E-state index in [-0.39, 0.29) is 18.5 Å². The van der Waals surface area contributed by atoms with Crippen molar-refractivity contribution in [3.8, 4) is 0 Å². The van der Waals surface area contributed by atoms with Crippen molar-refractivity contribution in [2.75, 3.05) is 13.2 Å². The molecule has 0 fully saturated rings. The lowest BCUT2D eigenvalue weighted by Gasteiger charge is -2.20. The summed E-state index contributed by atoms with van der Waals surface area (Å²) in [6, 6.07) is -0.645. The molecule has 0 aliphatic carbocycles. The minimum atomic E-state index is -0.859. The van der Waals surface area contributed by atoms with Gasteiger partial charge >= 0.3 is 5.97 Å². The van der Waals surface area contributed by atoms with Crippen molar-refractivity contribution in [2.45, 2.75) is 289 Å². The molecule has 0 rings (SSSR count). The molecule has 1 amide bonds. The van der Waals surface area contributed by atoms with Crippen molar-refractivity contribution < 1.29 is 24.5 Å². The largest absolute Gasteiger partial charge is 0.466 e. The van der Waals surface area contributed by atoms with Crippen molar-refractivity contribution in [3.63, 3.8) is 0 Å². The van der Waals surface area contributed by atoms with Gasteiger partial charge in [0, 0.05) is 12.8 Å². The van der Waals surface area contributed by atoms with Gasteiger partial charge in [-0.1, -0.05) is 231 Å². The Kier molecular flexibility index (Phi) is 47.6. The number of ether oxygens (including phenoxy) is 1. The molecular weight excluding hydrogens is 731 g/mol. The fraction of sp³-hybridized carbons (Fsp3) is 0.887. The maximum atomic E-state index is 12.4. The summed E-state index contributed by atoms with van der Waals surface area (Å²) in [4.78, 5) is 24.5. The van der Waals surface area contributed by atoms with Crippen LogP contribution < -0.4 is 5.32 Å². The highest BCUT2D eigenvalue weighted by Crippen LogP contribution is 2.16. The number of hydrogen-bond acceptors (Lipinski definition) is 5. The zero-order valence-electron chi connectivity index (χ0n) is 39.5. The van der Waals surface area contributed by atoms with Gasteiger partial charge in [-0.05, 0) is 57.8 Å². The number of hydrogen-bond donors (Lipinski definition) is 3. The number of nitrogens with one attached hydrogen (secondary N) is 1. The molecule has 2 atom stereocenters. The molecule has 0 aliphatic heterocycles. The molecule has 2 unspecified atom stereocenters. The Morgan fingerprint density at radius 2 is 0.797 bits per heavy atom. The number of carbonyl (C=O) groups excluding carboxylic acids is 2. The number of esters is 1. The summed E-state index contributed by atoms with van der Waals surface area (Å²) < 4.78 is 5.45. The van der Waals surface area contributed by atoms with Gasteiger partial charge in [-0.15, -0.1) is 0 Å². The van der Waals surface area contributed by atoms with Crippen LogP contribution in [0.2, 0.25) is 0 Å². The van der Waals surface area contributed by atoms with E-state index >= 15 is 0 Å². The van der Waals surface area contributed by atoms with Gasteiger partial charge in [-0.3, -0.25) is 9.59 Å². The van der Waals surface area contributed by atoms with E-state index in [4.69, 9.17) is 4.74 Å². The molecule has 0 aromatic carbocycles. The molecule has 59 heavy (non-hydrogen) atoms. The van der Waals surface area contributed by atoms with Gasteiger partial charge in [0.2, 0.25) is 5.91 Å². The SMILES string of the molecule is CCCCCCC/C=C\CCCCCCCC(=O)OCCCCCCCCCCCCC(=O)NC(CO)C(O)/C=C/CCCCCCCCCCCCCCCCCC. The van der Waals surface area contributed by atoms with Crippen LogP contribution >= 0.6 is 0 Å². The van der Waals surface area contributed by atoms with Gasteiger partial charge in [0.15, 0.2) is 0 Å². The van der Waals surface area contributed by atoms with Crippen molar-refractivity contribution in [1.29, 1.82) is 0 Å². The zero-order chi connectivity index (χ0) is 43.0. The summed E-state index contributed by atoms with van der Waals surface area (Å²) >= 11 is 0. The molecule has 348 valence electrons. The summed E-state index contributed by atoms with van der Waals surface area (Å²) in [6.45, 7) is 4.84. The van der Waals surface area contributed by atoms with Crippen molar-refractivity contribution >= 4 is 11.9 Å². The predicted octanol–water partition coefficient (Wildman–Crippen LogP) is 15.5. The number of aliphatic hydroxyl groups is 2. The van der Waals surface area contributed by atoms with E-state index in [2.05, 4.69) is 31.3 Å². The Labute approximate surface area is 367 Å². The van der Waals surface area contributed by atoms with Gasteiger partial charge in [0.05, 0.1) is 25.4 Å². The summed E-state index contributed by atoms with van der Waals surface area (Å²) in [6.07, 6.45) is 57.4. The molecule has 0 aromatic rings. The first-order valence-corrected chi connectivity index (χ1v) is 26.1. The maximum absolute atomic E-state index is 12.4. The highest BCUT2D eigenvalue weighted by Gasteiger charge is 2.18. The highest BCUT2D eigenvalue weighted by atomic mass is 16.5. The van der Waals surface area contributed by atoms with E-state index in [1.165, 1.54) is 193 Å². The third-order valence-corrected chi connectivity index (χ3v) is 12.0. The standard InChI is InChI=1S/C53H101NO5/c1-3-5-7-9-11-13-15-17-19-20-21-22-23-25-29-33-37-41-45-51(56)50(49-55)54-52(57)46-42-38-34-30-27-28-32-36-40-44-48-59-53(58)47-43-39-35-31-26-24-18-16-14-12-10-8-6-4-2/h16,18,41,45,50-51,55-56H,3-15,17,19-40,42-44,46-49H2,1-2H3,(H,54,57)/b18-16-,45-41+. The average molecular weight is 832 g/mol. The third-order valence-electron chi connectivity index (χ3n) is 12.0. The fourth-order valence-corrected chi connectivity index (χ4v) is 7.92. The van der Waals surface area contributed by atoms with Crippen LogP contribution in [-0.4, -0.2) is 47.4 Å². The fourth-order valence-electron chi connectivity index (χ4n) is 7.92. The van der Waals surface area contributed by atoms with E-state index < -0.39 is 12.1 Å². The summed E-state index contributed by atoms with van der Waals surface area (Å²) in [5.74, 6) is -0.119. The minimum Gasteiger partial charge on any atom is -0.466 e. The lowest BCUT2D eigenvalue weighted by Crippen LogP contribution is -2.45. The molecule has 6 nitrogen and oxygen atoms in total. The smallest absolute Gasteiger partial charge is 0.305 e. The normalized spacial score (nSPS) is 12.8. The number of allylic oxidation sites excluding steroid dienone is 3. The van der Waals surface area contributed by atoms with Gasteiger partial charge in [0.25, 0.3) is 0 Å². The van der Waals surface area contributed by atoms with Crippen LogP contribution in [0.1, 0.15) is 277 Å². The van der Waals surface area contributed by atoms with E-state index in [9.17, 15) is 19.8 Å². The quantitative estimate of drug-likeness (QED) is 0.0322. The van der Waals surface area contributed by atoms with E-state index in [1.807, 2.05) is 6.08 Å². The number of unbranched alkanes of at least 4 members (excludes halogenated alkanes) is 35. The van der Waals surface area contributed by atoms with Crippen LogP contribution in [0.3, 0.4) is 0 Å². The molecule has 0 saturated carbocycles. The lowest BCUT2D eigenvalue weighted by atomic mass is 10.0. The summed E-state index contributed by atoms with van der Waals surface area (Å²) in [7, 11) is 0. The van der Waals surface area contributed by atoms with Gasteiger partial charge in [-0.2, -0.15) is 0 Å². The number of aliphatic hydroxyl groups excluding tert-OH is 2. The van der Waals surface area contributed by atoms with Gasteiger partial charge in [-0.25, -0.2) is 0 Å². The summed E-state index contributed by atoms with van der Waals surface area (Å²) in [5.41, 5.74) is 0. The maximum Gasteiger partial charge on any atom is 0.305 e. The number of rotatable bonds is 48. The number of amides is 1. The second kappa shape index (κ2) is 49.0.